The zero-order chi connectivity index (χ0) is 27.2. The van der Waals surface area contributed by atoms with Gasteiger partial charge in [-0.25, -0.2) is 9.18 Å². The van der Waals surface area contributed by atoms with Gasteiger partial charge in [-0.05, 0) is 32.0 Å². The third kappa shape index (κ3) is 4.64. The molecule has 0 aliphatic rings. The molecule has 2 aromatic heterocycles. The Morgan fingerprint density at radius 2 is 1.95 bits per heavy atom. The second kappa shape index (κ2) is 9.71. The molecule has 0 amide bonds. The lowest BCUT2D eigenvalue weighted by Gasteiger charge is -2.22. The van der Waals surface area contributed by atoms with Crippen LogP contribution in [-0.4, -0.2) is 48.6 Å². The average Bonchev–Trinajstić information content (AvgIpc) is 3.34. The van der Waals surface area contributed by atoms with Gasteiger partial charge < -0.3 is 14.7 Å². The van der Waals surface area contributed by atoms with E-state index in [4.69, 9.17) is 16.3 Å². The van der Waals surface area contributed by atoms with Crippen LogP contribution in [0.5, 0.6) is 5.75 Å². The first kappa shape index (κ1) is 26.5. The molecule has 2 heterocycles. The minimum absolute atomic E-state index is 0.0337. The van der Waals surface area contributed by atoms with Crippen LogP contribution in [0, 0.1) is 5.82 Å². The van der Waals surface area contributed by atoms with Gasteiger partial charge in [-0.15, -0.1) is 5.10 Å². The van der Waals surface area contributed by atoms with E-state index in [0.29, 0.717) is 0 Å². The molecule has 1 atom stereocenters. The number of anilines is 2. The number of hydrogen-bond donors (Lipinski definition) is 1. The van der Waals surface area contributed by atoms with Crippen molar-refractivity contribution in [3.8, 4) is 11.4 Å². The van der Waals surface area contributed by atoms with E-state index in [2.05, 4.69) is 10.2 Å². The van der Waals surface area contributed by atoms with Crippen LogP contribution in [0.4, 0.5) is 29.1 Å². The predicted octanol–water partition coefficient (Wildman–Crippen LogP) is 4.32. The quantitative estimate of drug-likeness (QED) is 0.350. The average molecular weight is 543 g/mol. The maximum Gasteiger partial charge on any atom is 0.425 e. The molecule has 0 spiro atoms. The Kier molecular flexibility index (Phi) is 6.95. The molecule has 37 heavy (non-hydrogen) atoms. The van der Waals surface area contributed by atoms with Gasteiger partial charge in [-0.3, -0.25) is 9.25 Å². The van der Waals surface area contributed by atoms with Crippen molar-refractivity contribution < 1.29 is 27.4 Å². The molecule has 0 saturated heterocycles. The SMILES string of the molecule is CCn1c(CO)nn(-c2cc(OC(C)C(F)(F)F)c3c(N(C)c4c(F)cccc4Cl)nn(C)c3c2)c1=O. The van der Waals surface area contributed by atoms with Crippen LogP contribution in [0.1, 0.15) is 19.7 Å². The number of alkyl halides is 3. The fourth-order valence-electron chi connectivity index (χ4n) is 3.98. The van der Waals surface area contributed by atoms with Crippen molar-refractivity contribution in [1.29, 1.82) is 0 Å². The van der Waals surface area contributed by atoms with E-state index in [1.807, 2.05) is 0 Å². The number of halogens is 5. The van der Waals surface area contributed by atoms with E-state index in [9.17, 15) is 27.5 Å². The van der Waals surface area contributed by atoms with Crippen LogP contribution in [-0.2, 0) is 20.2 Å². The fourth-order valence-corrected chi connectivity index (χ4v) is 4.26. The highest BCUT2D eigenvalue weighted by atomic mass is 35.5. The minimum Gasteiger partial charge on any atom is -0.480 e. The number of aromatic nitrogens is 5. The van der Waals surface area contributed by atoms with Crippen molar-refractivity contribution in [1.82, 2.24) is 24.1 Å². The van der Waals surface area contributed by atoms with Crippen LogP contribution < -0.4 is 15.3 Å². The fraction of sp³-hybridized carbons (Fsp3) is 0.348. The van der Waals surface area contributed by atoms with Crippen molar-refractivity contribution in [2.24, 2.45) is 7.05 Å². The summed E-state index contributed by atoms with van der Waals surface area (Å²) >= 11 is 6.22. The standard InChI is InChI=1S/C23H23ClF4N6O3/c1-5-33-18(11-35)29-34(22(33)36)13-9-16-19(17(10-13)37-12(2)23(26,27)28)21(30-32(16)4)31(3)20-14(24)7-6-8-15(20)25/h6-10,12,35H,5,11H2,1-4H3. The maximum atomic E-state index is 14.7. The number of hydrogen-bond acceptors (Lipinski definition) is 6. The molecule has 4 rings (SSSR count). The third-order valence-electron chi connectivity index (χ3n) is 5.88. The lowest BCUT2D eigenvalue weighted by atomic mass is 10.1. The summed E-state index contributed by atoms with van der Waals surface area (Å²) in [7, 11) is 3.01. The Morgan fingerprint density at radius 1 is 1.24 bits per heavy atom. The second-order valence-corrected chi connectivity index (χ2v) is 8.64. The van der Waals surface area contributed by atoms with Crippen molar-refractivity contribution in [2.75, 3.05) is 11.9 Å². The van der Waals surface area contributed by atoms with Gasteiger partial charge >= 0.3 is 11.9 Å². The predicted molar refractivity (Wildman–Crippen MR) is 129 cm³/mol. The molecule has 198 valence electrons. The molecule has 9 nitrogen and oxygen atoms in total. The van der Waals surface area contributed by atoms with Gasteiger partial charge in [0.25, 0.3) is 0 Å². The summed E-state index contributed by atoms with van der Waals surface area (Å²) in [6, 6.07) is 6.80. The summed E-state index contributed by atoms with van der Waals surface area (Å²) in [6.07, 6.45) is -6.92. The molecule has 0 fully saturated rings. The number of ether oxygens (including phenoxy) is 1. The Hall–Kier alpha value is -3.58. The van der Waals surface area contributed by atoms with Crippen LogP contribution >= 0.6 is 11.6 Å². The zero-order valence-corrected chi connectivity index (χ0v) is 21.0. The first-order chi connectivity index (χ1) is 17.4. The molecule has 1 N–H and O–H groups in total. The van der Waals surface area contributed by atoms with Gasteiger partial charge in [0, 0.05) is 26.7 Å². The number of nitrogens with zero attached hydrogens (tertiary/aromatic N) is 6. The second-order valence-electron chi connectivity index (χ2n) is 8.23. The first-order valence-electron chi connectivity index (χ1n) is 11.1. The molecular formula is C23H23ClF4N6O3. The lowest BCUT2D eigenvalue weighted by molar-refractivity contribution is -0.188. The van der Waals surface area contributed by atoms with Gasteiger partial charge in [0.05, 0.1) is 27.3 Å². The van der Waals surface area contributed by atoms with Crippen molar-refractivity contribution in [2.45, 2.75) is 39.3 Å². The van der Waals surface area contributed by atoms with E-state index in [0.717, 1.165) is 11.6 Å². The smallest absolute Gasteiger partial charge is 0.425 e. The minimum atomic E-state index is -4.70. The van der Waals surface area contributed by atoms with E-state index >= 15 is 0 Å². The largest absolute Gasteiger partial charge is 0.480 e. The van der Waals surface area contributed by atoms with Crippen molar-refractivity contribution in [3.05, 3.63) is 57.5 Å². The molecule has 4 aromatic rings. The van der Waals surface area contributed by atoms with Gasteiger partial charge in [0.2, 0.25) is 0 Å². The molecular weight excluding hydrogens is 520 g/mol. The summed E-state index contributed by atoms with van der Waals surface area (Å²) in [5.74, 6) is -0.769. The van der Waals surface area contributed by atoms with Crippen molar-refractivity contribution in [3.63, 3.8) is 0 Å². The van der Waals surface area contributed by atoms with Gasteiger partial charge in [-0.1, -0.05) is 17.7 Å². The Morgan fingerprint density at radius 3 is 2.51 bits per heavy atom. The first-order valence-corrected chi connectivity index (χ1v) is 11.5. The highest BCUT2D eigenvalue weighted by Crippen LogP contribution is 2.41. The highest BCUT2D eigenvalue weighted by molar-refractivity contribution is 6.33. The zero-order valence-electron chi connectivity index (χ0n) is 20.2. The molecule has 0 aliphatic heterocycles. The van der Waals surface area contributed by atoms with Crippen molar-refractivity contribution >= 4 is 34.0 Å². The summed E-state index contributed by atoms with van der Waals surface area (Å²) in [5, 5.41) is 18.3. The van der Waals surface area contributed by atoms with Crippen LogP contribution in [0.2, 0.25) is 5.02 Å². The number of para-hydroxylation sites is 1. The van der Waals surface area contributed by atoms with E-state index < -0.39 is 30.4 Å². The molecule has 0 saturated carbocycles. The van der Waals surface area contributed by atoms with E-state index in [-0.39, 0.29) is 51.2 Å². The van der Waals surface area contributed by atoms with Crippen LogP contribution in [0.15, 0.2) is 35.1 Å². The molecule has 0 aliphatic carbocycles. The molecule has 1 unspecified atom stereocenters. The monoisotopic (exact) mass is 542 g/mol. The van der Waals surface area contributed by atoms with Crippen LogP contribution in [0.3, 0.4) is 0 Å². The van der Waals surface area contributed by atoms with Gasteiger partial charge in [0.15, 0.2) is 17.7 Å². The number of aryl methyl sites for hydroxylation is 1. The topological polar surface area (TPSA) is 90.3 Å². The van der Waals surface area contributed by atoms with Crippen LogP contribution in [0.25, 0.3) is 16.6 Å². The molecule has 0 radical (unpaired) electrons. The summed E-state index contributed by atoms with van der Waals surface area (Å²) < 4.78 is 64.0. The normalized spacial score (nSPS) is 12.8. The lowest BCUT2D eigenvalue weighted by Crippen LogP contribution is -2.31. The Balaban J connectivity index is 2.00. The number of rotatable bonds is 7. The number of aliphatic hydroxyl groups is 1. The summed E-state index contributed by atoms with van der Waals surface area (Å²) in [6.45, 7) is 2.23. The summed E-state index contributed by atoms with van der Waals surface area (Å²) in [4.78, 5) is 14.2. The third-order valence-corrected chi connectivity index (χ3v) is 6.18. The molecule has 14 heteroatoms. The Bertz CT molecular complexity index is 1510. The maximum absolute atomic E-state index is 14.7. The van der Waals surface area contributed by atoms with Gasteiger partial charge in [-0.2, -0.15) is 23.0 Å². The molecule has 2 aromatic carbocycles. The van der Waals surface area contributed by atoms with E-state index in [1.54, 1.807) is 6.92 Å². The number of fused-ring (bicyclic) bond motifs is 1. The van der Waals surface area contributed by atoms with Gasteiger partial charge in [0.1, 0.15) is 18.2 Å². The summed E-state index contributed by atoms with van der Waals surface area (Å²) in [5.41, 5.74) is -0.267. The highest BCUT2D eigenvalue weighted by Gasteiger charge is 2.39. The number of aliphatic hydroxyl groups excluding tert-OH is 1. The van der Waals surface area contributed by atoms with E-state index in [1.165, 1.54) is 58.6 Å². The Labute approximate surface area is 213 Å². The molecule has 0 bridgehead atoms. The number of benzene rings is 2.